The molecule has 0 radical (unpaired) electrons. The summed E-state index contributed by atoms with van der Waals surface area (Å²) in [5.74, 6) is 2.03. The molecule has 0 aromatic rings. The fraction of sp³-hybridized carbons (Fsp3) is 0.923. The molecule has 0 heterocycles. The van der Waals surface area contributed by atoms with Crippen molar-refractivity contribution in [3.8, 4) is 0 Å². The second-order valence-corrected chi connectivity index (χ2v) is 5.72. The molecule has 4 nitrogen and oxygen atoms in total. The Bertz CT molecular complexity index is 283. The minimum Gasteiger partial charge on any atom is -0.383 e. The molecular formula is C13H24N2O2. The van der Waals surface area contributed by atoms with Gasteiger partial charge in [-0.05, 0) is 31.1 Å². The molecule has 0 aliphatic heterocycles. The van der Waals surface area contributed by atoms with Crippen LogP contribution in [-0.2, 0) is 9.53 Å². The van der Waals surface area contributed by atoms with Gasteiger partial charge < -0.3 is 15.4 Å². The van der Waals surface area contributed by atoms with Crippen LogP contribution in [0.5, 0.6) is 0 Å². The molecule has 4 unspecified atom stereocenters. The highest BCUT2D eigenvalue weighted by Gasteiger charge is 2.43. The smallest absolute Gasteiger partial charge is 0.225 e. The van der Waals surface area contributed by atoms with Gasteiger partial charge in [0.1, 0.15) is 0 Å². The zero-order valence-electron chi connectivity index (χ0n) is 10.9. The van der Waals surface area contributed by atoms with Crippen molar-refractivity contribution in [2.75, 3.05) is 27.3 Å². The van der Waals surface area contributed by atoms with Crippen molar-refractivity contribution in [1.29, 1.82) is 0 Å². The van der Waals surface area contributed by atoms with Crippen LogP contribution in [0.1, 0.15) is 25.7 Å². The summed E-state index contributed by atoms with van der Waals surface area (Å²) in [4.78, 5) is 14.1. The number of amides is 1. The lowest BCUT2D eigenvalue weighted by Gasteiger charge is -2.28. The van der Waals surface area contributed by atoms with Gasteiger partial charge in [0.2, 0.25) is 5.91 Å². The van der Waals surface area contributed by atoms with Gasteiger partial charge in [-0.25, -0.2) is 0 Å². The second kappa shape index (κ2) is 5.36. The van der Waals surface area contributed by atoms with Crippen molar-refractivity contribution < 1.29 is 9.53 Å². The van der Waals surface area contributed by atoms with Gasteiger partial charge >= 0.3 is 0 Å². The molecule has 2 aliphatic rings. The maximum Gasteiger partial charge on any atom is 0.225 e. The average Bonchev–Trinajstić information content (AvgIpc) is 2.89. The highest BCUT2D eigenvalue weighted by Crippen LogP contribution is 2.48. The molecule has 2 N–H and O–H groups in total. The quantitative estimate of drug-likeness (QED) is 0.775. The number of nitrogens with two attached hydrogens (primary N) is 1. The summed E-state index contributed by atoms with van der Waals surface area (Å²) in [7, 11) is 3.50. The predicted molar refractivity (Wildman–Crippen MR) is 66.4 cm³/mol. The molecule has 4 heteroatoms. The highest BCUT2D eigenvalue weighted by molar-refractivity contribution is 5.79. The van der Waals surface area contributed by atoms with E-state index >= 15 is 0 Å². The van der Waals surface area contributed by atoms with E-state index in [1.54, 1.807) is 12.0 Å². The molecule has 2 aliphatic carbocycles. The van der Waals surface area contributed by atoms with Gasteiger partial charge in [-0.2, -0.15) is 0 Å². The third-order valence-electron chi connectivity index (χ3n) is 4.32. The van der Waals surface area contributed by atoms with Gasteiger partial charge in [0.25, 0.3) is 0 Å². The lowest BCUT2D eigenvalue weighted by Crippen LogP contribution is -2.44. The zero-order chi connectivity index (χ0) is 12.4. The molecule has 2 saturated carbocycles. The Balaban J connectivity index is 1.83. The number of rotatable bonds is 5. The Kier molecular flexibility index (Phi) is 4.05. The second-order valence-electron chi connectivity index (χ2n) is 5.72. The number of likely N-dealkylation sites (N-methyl/N-ethyl adjacent to an activating group) is 1. The number of fused-ring (bicyclic) bond motifs is 2. The number of hydrogen-bond acceptors (Lipinski definition) is 3. The Hall–Kier alpha value is -0.610. The third kappa shape index (κ3) is 2.80. The topological polar surface area (TPSA) is 55.6 Å². The Morgan fingerprint density at radius 3 is 2.76 bits per heavy atom. The molecule has 0 aromatic carbocycles. The lowest BCUT2D eigenvalue weighted by atomic mass is 9.88. The summed E-state index contributed by atoms with van der Waals surface area (Å²) in [6, 6.07) is -0.0764. The number of carbonyl (C=O) groups excluding carboxylic acids is 1. The van der Waals surface area contributed by atoms with Crippen LogP contribution in [0.15, 0.2) is 0 Å². The Labute approximate surface area is 103 Å². The number of ether oxygens (including phenoxy) is 1. The molecular weight excluding hydrogens is 216 g/mol. The van der Waals surface area contributed by atoms with E-state index in [1.165, 1.54) is 19.3 Å². The van der Waals surface area contributed by atoms with Crippen molar-refractivity contribution in [3.05, 3.63) is 0 Å². The van der Waals surface area contributed by atoms with Crippen LogP contribution < -0.4 is 5.73 Å². The maximum atomic E-state index is 12.3. The fourth-order valence-electron chi connectivity index (χ4n) is 3.54. The van der Waals surface area contributed by atoms with Gasteiger partial charge in [0.15, 0.2) is 0 Å². The number of hydrogen-bond donors (Lipinski definition) is 1. The molecule has 0 saturated heterocycles. The first kappa shape index (κ1) is 12.8. The van der Waals surface area contributed by atoms with E-state index < -0.39 is 0 Å². The van der Waals surface area contributed by atoms with Gasteiger partial charge in [0, 0.05) is 32.7 Å². The standard InChI is InChI=1S/C13H24N2O2/c1-15(7-11(14)8-17-2)13(16)12-6-9-3-4-10(12)5-9/h9-12H,3-8,14H2,1-2H3. The SMILES string of the molecule is COCC(N)CN(C)C(=O)C1CC2CCC1C2. The van der Waals surface area contributed by atoms with Crippen molar-refractivity contribution in [2.45, 2.75) is 31.7 Å². The molecule has 2 bridgehead atoms. The molecule has 0 spiro atoms. The van der Waals surface area contributed by atoms with Crippen LogP contribution in [-0.4, -0.2) is 44.2 Å². The van der Waals surface area contributed by atoms with Crippen molar-refractivity contribution in [1.82, 2.24) is 4.90 Å². The van der Waals surface area contributed by atoms with Crippen LogP contribution >= 0.6 is 0 Å². The Morgan fingerprint density at radius 2 is 2.24 bits per heavy atom. The molecule has 98 valence electrons. The van der Waals surface area contributed by atoms with Crippen LogP contribution in [0, 0.1) is 17.8 Å². The minimum absolute atomic E-state index is 0.0764. The van der Waals surface area contributed by atoms with Crippen molar-refractivity contribution in [2.24, 2.45) is 23.5 Å². The molecule has 0 aromatic heterocycles. The van der Waals surface area contributed by atoms with Gasteiger partial charge in [-0.1, -0.05) is 6.42 Å². The summed E-state index contributed by atoms with van der Waals surface area (Å²) in [5.41, 5.74) is 5.88. The third-order valence-corrected chi connectivity index (χ3v) is 4.32. The molecule has 2 rings (SSSR count). The summed E-state index contributed by atoms with van der Waals surface area (Å²) in [6.07, 6.45) is 4.96. The molecule has 2 fully saturated rings. The van der Waals surface area contributed by atoms with Crippen molar-refractivity contribution in [3.63, 3.8) is 0 Å². The largest absolute Gasteiger partial charge is 0.383 e. The van der Waals surface area contributed by atoms with E-state index in [-0.39, 0.29) is 12.0 Å². The first-order valence-electron chi connectivity index (χ1n) is 6.61. The fourth-order valence-corrected chi connectivity index (χ4v) is 3.54. The minimum atomic E-state index is -0.0764. The van der Waals surface area contributed by atoms with Crippen molar-refractivity contribution >= 4 is 5.91 Å². The van der Waals surface area contributed by atoms with Gasteiger partial charge in [-0.15, -0.1) is 0 Å². The van der Waals surface area contributed by atoms with E-state index in [1.807, 2.05) is 7.05 Å². The van der Waals surface area contributed by atoms with Crippen LogP contribution in [0.4, 0.5) is 0 Å². The number of nitrogens with zero attached hydrogens (tertiary/aromatic N) is 1. The monoisotopic (exact) mass is 240 g/mol. The van der Waals surface area contributed by atoms with E-state index in [0.29, 0.717) is 25.0 Å². The normalized spacial score (nSPS) is 32.8. The molecule has 1 amide bonds. The van der Waals surface area contributed by atoms with Gasteiger partial charge in [0.05, 0.1) is 6.61 Å². The summed E-state index contributed by atoms with van der Waals surface area (Å²) >= 11 is 0. The highest BCUT2D eigenvalue weighted by atomic mass is 16.5. The molecule has 4 atom stereocenters. The summed E-state index contributed by atoms with van der Waals surface area (Å²) in [5, 5.41) is 0. The average molecular weight is 240 g/mol. The zero-order valence-corrected chi connectivity index (χ0v) is 10.9. The Morgan fingerprint density at radius 1 is 1.47 bits per heavy atom. The first-order chi connectivity index (χ1) is 8.11. The van der Waals surface area contributed by atoms with E-state index in [2.05, 4.69) is 0 Å². The first-order valence-corrected chi connectivity index (χ1v) is 6.61. The predicted octanol–water partition coefficient (Wildman–Crippen LogP) is 0.855. The van der Waals surface area contributed by atoms with E-state index in [0.717, 1.165) is 12.3 Å². The van der Waals surface area contributed by atoms with Crippen LogP contribution in [0.3, 0.4) is 0 Å². The van der Waals surface area contributed by atoms with Crippen LogP contribution in [0.25, 0.3) is 0 Å². The van der Waals surface area contributed by atoms with E-state index in [9.17, 15) is 4.79 Å². The summed E-state index contributed by atoms with van der Waals surface area (Å²) in [6.45, 7) is 1.11. The van der Waals surface area contributed by atoms with Crippen LogP contribution in [0.2, 0.25) is 0 Å². The maximum absolute atomic E-state index is 12.3. The van der Waals surface area contributed by atoms with E-state index in [4.69, 9.17) is 10.5 Å². The summed E-state index contributed by atoms with van der Waals surface area (Å²) < 4.78 is 5.00. The lowest BCUT2D eigenvalue weighted by molar-refractivity contribution is -0.136. The molecule has 17 heavy (non-hydrogen) atoms. The van der Waals surface area contributed by atoms with Gasteiger partial charge in [-0.3, -0.25) is 4.79 Å². The number of carbonyl (C=O) groups is 1. The number of methoxy groups -OCH3 is 1.